The Morgan fingerprint density at radius 2 is 1.65 bits per heavy atom. The van der Waals surface area contributed by atoms with Gasteiger partial charge in [-0.25, -0.2) is 4.79 Å². The molecule has 1 aliphatic rings. The summed E-state index contributed by atoms with van der Waals surface area (Å²) in [5.41, 5.74) is -0.375. The van der Waals surface area contributed by atoms with Crippen LogP contribution in [0.2, 0.25) is 0 Å². The Hall–Kier alpha value is -0.730. The van der Waals surface area contributed by atoms with Gasteiger partial charge in [-0.05, 0) is 39.5 Å². The summed E-state index contributed by atoms with van der Waals surface area (Å²) in [4.78, 5) is 13.4. The third-order valence-electron chi connectivity index (χ3n) is 2.44. The standard InChI is InChI=1S/C11H21NO2.C3H8/c1-9-5-7-12(8-6-9)10(13)14-11(2,3)4;1-3-2/h9H,5-8H2,1-4H3;3H2,1-2H3. The highest BCUT2D eigenvalue weighted by Gasteiger charge is 2.24. The molecular formula is C14H29NO2. The normalized spacial score (nSPS) is 17.2. The van der Waals surface area contributed by atoms with Crippen molar-refractivity contribution in [3.05, 3.63) is 0 Å². The number of rotatable bonds is 0. The first-order valence-corrected chi connectivity index (χ1v) is 6.78. The SMILES string of the molecule is CC1CCN(C(=O)OC(C)(C)C)CC1.CCC. The molecule has 1 amide bonds. The van der Waals surface area contributed by atoms with Crippen molar-refractivity contribution in [1.29, 1.82) is 0 Å². The van der Waals surface area contributed by atoms with Gasteiger partial charge in [0.25, 0.3) is 0 Å². The summed E-state index contributed by atoms with van der Waals surface area (Å²) >= 11 is 0. The van der Waals surface area contributed by atoms with E-state index in [2.05, 4.69) is 20.8 Å². The molecule has 0 aromatic carbocycles. The summed E-state index contributed by atoms with van der Waals surface area (Å²) in [6, 6.07) is 0. The molecule has 3 heteroatoms. The quantitative estimate of drug-likeness (QED) is 0.642. The van der Waals surface area contributed by atoms with Gasteiger partial charge in [-0.2, -0.15) is 0 Å². The van der Waals surface area contributed by atoms with Gasteiger partial charge in [0.05, 0.1) is 0 Å². The smallest absolute Gasteiger partial charge is 0.410 e. The van der Waals surface area contributed by atoms with Gasteiger partial charge in [-0.3, -0.25) is 0 Å². The summed E-state index contributed by atoms with van der Waals surface area (Å²) in [5, 5.41) is 0. The number of amides is 1. The molecule has 1 rings (SSSR count). The molecule has 0 aromatic rings. The first-order valence-electron chi connectivity index (χ1n) is 6.78. The Morgan fingerprint density at radius 1 is 1.24 bits per heavy atom. The molecule has 1 heterocycles. The van der Waals surface area contributed by atoms with Gasteiger partial charge < -0.3 is 9.64 Å². The summed E-state index contributed by atoms with van der Waals surface area (Å²) < 4.78 is 5.30. The topological polar surface area (TPSA) is 29.5 Å². The molecule has 0 N–H and O–H groups in total. The second-order valence-corrected chi connectivity index (χ2v) is 5.86. The largest absolute Gasteiger partial charge is 0.444 e. The van der Waals surface area contributed by atoms with Crippen LogP contribution in [0.1, 0.15) is 60.8 Å². The van der Waals surface area contributed by atoms with Crippen molar-refractivity contribution >= 4 is 6.09 Å². The Labute approximate surface area is 107 Å². The molecule has 102 valence electrons. The Morgan fingerprint density at radius 3 is 2.00 bits per heavy atom. The predicted octanol–water partition coefficient (Wildman–Crippen LogP) is 4.07. The van der Waals surface area contributed by atoms with Gasteiger partial charge in [-0.15, -0.1) is 0 Å². The molecule has 1 aliphatic heterocycles. The van der Waals surface area contributed by atoms with Crippen molar-refractivity contribution in [1.82, 2.24) is 4.90 Å². The highest BCUT2D eigenvalue weighted by atomic mass is 16.6. The minimum Gasteiger partial charge on any atom is -0.444 e. The zero-order chi connectivity index (χ0) is 13.5. The molecule has 0 aliphatic carbocycles. The molecule has 1 saturated heterocycles. The van der Waals surface area contributed by atoms with Crippen molar-refractivity contribution in [2.24, 2.45) is 5.92 Å². The highest BCUT2D eigenvalue weighted by molar-refractivity contribution is 5.68. The Kier molecular flexibility index (Phi) is 7.24. The second-order valence-electron chi connectivity index (χ2n) is 5.86. The number of nitrogens with zero attached hydrogens (tertiary/aromatic N) is 1. The molecule has 0 saturated carbocycles. The fourth-order valence-corrected chi connectivity index (χ4v) is 1.52. The van der Waals surface area contributed by atoms with Crippen molar-refractivity contribution in [2.45, 2.75) is 66.4 Å². The van der Waals surface area contributed by atoms with E-state index in [0.29, 0.717) is 0 Å². The first-order chi connectivity index (χ1) is 7.80. The minimum atomic E-state index is -0.375. The molecule has 3 nitrogen and oxygen atoms in total. The maximum Gasteiger partial charge on any atom is 0.410 e. The molecule has 0 aromatic heterocycles. The number of carbonyl (C=O) groups excluding carboxylic acids is 1. The fraction of sp³-hybridized carbons (Fsp3) is 0.929. The summed E-state index contributed by atoms with van der Waals surface area (Å²) in [6.07, 6.45) is 3.28. The second kappa shape index (κ2) is 7.57. The third kappa shape index (κ3) is 8.06. The van der Waals surface area contributed by atoms with E-state index in [4.69, 9.17) is 4.74 Å². The number of hydrogen-bond acceptors (Lipinski definition) is 2. The summed E-state index contributed by atoms with van der Waals surface area (Å²) in [6.45, 7) is 13.9. The maximum atomic E-state index is 11.6. The van der Waals surface area contributed by atoms with Gasteiger partial charge in [0, 0.05) is 13.1 Å². The first kappa shape index (κ1) is 16.3. The van der Waals surface area contributed by atoms with Crippen LogP contribution >= 0.6 is 0 Å². The Bertz CT molecular complexity index is 213. The van der Waals surface area contributed by atoms with E-state index in [0.717, 1.165) is 31.8 Å². The van der Waals surface area contributed by atoms with Crippen molar-refractivity contribution in [2.75, 3.05) is 13.1 Å². The lowest BCUT2D eigenvalue weighted by atomic mass is 10.00. The van der Waals surface area contributed by atoms with Crippen LogP contribution in [0.5, 0.6) is 0 Å². The molecule has 1 fully saturated rings. The molecule has 0 atom stereocenters. The number of likely N-dealkylation sites (tertiary alicyclic amines) is 1. The predicted molar refractivity (Wildman–Crippen MR) is 72.2 cm³/mol. The lowest BCUT2D eigenvalue weighted by molar-refractivity contribution is 0.0190. The molecule has 0 spiro atoms. The van der Waals surface area contributed by atoms with Crippen LogP contribution in [0.4, 0.5) is 4.79 Å². The van der Waals surface area contributed by atoms with Crippen LogP contribution in [-0.4, -0.2) is 29.7 Å². The molecule has 0 bridgehead atoms. The van der Waals surface area contributed by atoms with Crippen LogP contribution in [0.25, 0.3) is 0 Å². The average Bonchev–Trinajstić information content (AvgIpc) is 2.17. The average molecular weight is 243 g/mol. The zero-order valence-corrected chi connectivity index (χ0v) is 12.4. The summed E-state index contributed by atoms with van der Waals surface area (Å²) in [5.74, 6) is 0.744. The van der Waals surface area contributed by atoms with E-state index in [1.54, 1.807) is 0 Å². The van der Waals surface area contributed by atoms with E-state index < -0.39 is 0 Å². The Balaban J connectivity index is 0.000000770. The molecule has 0 radical (unpaired) electrons. The number of carbonyl (C=O) groups is 1. The zero-order valence-electron chi connectivity index (χ0n) is 12.4. The van der Waals surface area contributed by atoms with Crippen LogP contribution in [-0.2, 0) is 4.74 Å². The van der Waals surface area contributed by atoms with Crippen LogP contribution in [0, 0.1) is 5.92 Å². The van der Waals surface area contributed by atoms with Crippen molar-refractivity contribution < 1.29 is 9.53 Å². The van der Waals surface area contributed by atoms with Crippen molar-refractivity contribution in [3.8, 4) is 0 Å². The van der Waals surface area contributed by atoms with E-state index in [1.807, 2.05) is 25.7 Å². The molecular weight excluding hydrogens is 214 g/mol. The van der Waals surface area contributed by atoms with Gasteiger partial charge in [-0.1, -0.05) is 27.2 Å². The van der Waals surface area contributed by atoms with Gasteiger partial charge in [0.1, 0.15) is 5.60 Å². The van der Waals surface area contributed by atoms with Crippen LogP contribution in [0.3, 0.4) is 0 Å². The fourth-order valence-electron chi connectivity index (χ4n) is 1.52. The van der Waals surface area contributed by atoms with Crippen LogP contribution in [0.15, 0.2) is 0 Å². The van der Waals surface area contributed by atoms with Gasteiger partial charge >= 0.3 is 6.09 Å². The van der Waals surface area contributed by atoms with Crippen molar-refractivity contribution in [3.63, 3.8) is 0 Å². The van der Waals surface area contributed by atoms with E-state index in [1.165, 1.54) is 6.42 Å². The highest BCUT2D eigenvalue weighted by Crippen LogP contribution is 2.18. The number of ether oxygens (including phenoxy) is 1. The lowest BCUT2D eigenvalue weighted by Crippen LogP contribution is -2.41. The van der Waals surface area contributed by atoms with Gasteiger partial charge in [0.15, 0.2) is 0 Å². The monoisotopic (exact) mass is 243 g/mol. The van der Waals surface area contributed by atoms with E-state index in [-0.39, 0.29) is 11.7 Å². The van der Waals surface area contributed by atoms with E-state index in [9.17, 15) is 4.79 Å². The van der Waals surface area contributed by atoms with Gasteiger partial charge in [0.2, 0.25) is 0 Å². The van der Waals surface area contributed by atoms with E-state index >= 15 is 0 Å². The lowest BCUT2D eigenvalue weighted by Gasteiger charge is -2.32. The number of piperidine rings is 1. The minimum absolute atomic E-state index is 0.163. The molecule has 0 unspecified atom stereocenters. The third-order valence-corrected chi connectivity index (χ3v) is 2.44. The number of hydrogen-bond donors (Lipinski definition) is 0. The maximum absolute atomic E-state index is 11.6. The molecule has 17 heavy (non-hydrogen) atoms. The summed E-state index contributed by atoms with van der Waals surface area (Å²) in [7, 11) is 0. The van der Waals surface area contributed by atoms with Crippen LogP contribution < -0.4 is 0 Å².